The van der Waals surface area contributed by atoms with Gasteiger partial charge < -0.3 is 15.4 Å². The maximum Gasteiger partial charge on any atom is 0.271 e. The smallest absolute Gasteiger partial charge is 0.271 e. The van der Waals surface area contributed by atoms with Gasteiger partial charge in [0.05, 0.1) is 24.7 Å². The lowest BCUT2D eigenvalue weighted by atomic mass is 10.1. The van der Waals surface area contributed by atoms with Crippen molar-refractivity contribution in [3.63, 3.8) is 0 Å². The van der Waals surface area contributed by atoms with Crippen LogP contribution in [0.15, 0.2) is 67.0 Å². The highest BCUT2D eigenvalue weighted by atomic mass is 16.5. The van der Waals surface area contributed by atoms with E-state index in [4.69, 9.17) is 4.74 Å². The number of carbonyl (C=O) groups excluding carboxylic acids is 1. The van der Waals surface area contributed by atoms with Crippen LogP contribution in [0.25, 0.3) is 0 Å². The summed E-state index contributed by atoms with van der Waals surface area (Å²) in [5.41, 5.74) is 2.36. The molecular weight excluding hydrogens is 352 g/mol. The standard InChI is InChI=1S/C22H24N4O2/c1-2-28-20-13-7-6-12-18(20)26-21-16-24-19(15-25-21)22(27)23-14-8-11-17-9-4-3-5-10-17/h3-7,9-10,12-13,15-16H,2,8,11,14H2,1H3,(H,23,27)(H,25,26). The van der Waals surface area contributed by atoms with Crippen molar-refractivity contribution in [3.05, 3.63) is 78.2 Å². The van der Waals surface area contributed by atoms with Crippen LogP contribution in [0.3, 0.4) is 0 Å². The lowest BCUT2D eigenvalue weighted by Crippen LogP contribution is -2.25. The molecule has 2 N–H and O–H groups in total. The number of amides is 1. The van der Waals surface area contributed by atoms with Gasteiger partial charge in [0.25, 0.3) is 5.91 Å². The summed E-state index contributed by atoms with van der Waals surface area (Å²) in [5.74, 6) is 1.07. The molecule has 0 aliphatic heterocycles. The lowest BCUT2D eigenvalue weighted by Gasteiger charge is -2.11. The van der Waals surface area contributed by atoms with Gasteiger partial charge in [-0.25, -0.2) is 9.97 Å². The zero-order chi connectivity index (χ0) is 19.6. The molecule has 0 saturated heterocycles. The molecule has 3 aromatic rings. The Morgan fingerprint density at radius 1 is 1.00 bits per heavy atom. The Hall–Kier alpha value is -3.41. The Morgan fingerprint density at radius 3 is 2.54 bits per heavy atom. The molecule has 0 aliphatic rings. The van der Waals surface area contributed by atoms with Crippen LogP contribution < -0.4 is 15.4 Å². The first kappa shape index (κ1) is 19.4. The van der Waals surface area contributed by atoms with Crippen LogP contribution >= 0.6 is 0 Å². The topological polar surface area (TPSA) is 76.1 Å². The summed E-state index contributed by atoms with van der Waals surface area (Å²) in [6.07, 6.45) is 4.81. The summed E-state index contributed by atoms with van der Waals surface area (Å²) < 4.78 is 5.58. The van der Waals surface area contributed by atoms with Gasteiger partial charge in [0.2, 0.25) is 0 Å². The van der Waals surface area contributed by atoms with Crippen LogP contribution in [0.5, 0.6) is 5.75 Å². The molecule has 0 atom stereocenters. The van der Waals surface area contributed by atoms with Crippen molar-refractivity contribution in [2.45, 2.75) is 19.8 Å². The van der Waals surface area contributed by atoms with Gasteiger partial charge in [0.1, 0.15) is 17.3 Å². The molecule has 1 aromatic heterocycles. The average Bonchev–Trinajstić information content (AvgIpc) is 2.74. The Bertz CT molecular complexity index is 883. The van der Waals surface area contributed by atoms with Crippen molar-refractivity contribution in [1.29, 1.82) is 0 Å². The molecule has 1 amide bonds. The van der Waals surface area contributed by atoms with Crippen molar-refractivity contribution in [1.82, 2.24) is 15.3 Å². The SMILES string of the molecule is CCOc1ccccc1Nc1cnc(C(=O)NCCCc2ccccc2)cn1. The van der Waals surface area contributed by atoms with Crippen molar-refractivity contribution in [2.75, 3.05) is 18.5 Å². The van der Waals surface area contributed by atoms with Crippen LogP contribution in [0.4, 0.5) is 11.5 Å². The Balaban J connectivity index is 1.50. The minimum atomic E-state index is -0.221. The first-order valence-corrected chi connectivity index (χ1v) is 9.39. The summed E-state index contributed by atoms with van der Waals surface area (Å²) >= 11 is 0. The number of aromatic nitrogens is 2. The van der Waals surface area contributed by atoms with E-state index in [9.17, 15) is 4.79 Å². The van der Waals surface area contributed by atoms with E-state index in [0.29, 0.717) is 24.7 Å². The van der Waals surface area contributed by atoms with Crippen molar-refractivity contribution < 1.29 is 9.53 Å². The molecule has 2 aromatic carbocycles. The molecule has 3 rings (SSSR count). The average molecular weight is 376 g/mol. The van der Waals surface area contributed by atoms with Crippen LogP contribution in [0.1, 0.15) is 29.4 Å². The number of nitrogens with zero attached hydrogens (tertiary/aromatic N) is 2. The zero-order valence-corrected chi connectivity index (χ0v) is 15.9. The van der Waals surface area contributed by atoms with E-state index in [1.165, 1.54) is 11.8 Å². The number of benzene rings is 2. The molecule has 6 nitrogen and oxygen atoms in total. The minimum absolute atomic E-state index is 0.221. The molecule has 144 valence electrons. The van der Waals surface area contributed by atoms with Gasteiger partial charge in [-0.3, -0.25) is 4.79 Å². The second kappa shape index (κ2) is 10.1. The summed E-state index contributed by atoms with van der Waals surface area (Å²) in [6, 6.07) is 17.8. The molecule has 0 unspecified atom stereocenters. The van der Waals surface area contributed by atoms with Gasteiger partial charge in [-0.2, -0.15) is 0 Å². The molecule has 0 fully saturated rings. The first-order valence-electron chi connectivity index (χ1n) is 9.39. The van der Waals surface area contributed by atoms with Crippen LogP contribution in [0, 0.1) is 0 Å². The Kier molecular flexibility index (Phi) is 6.95. The molecular formula is C22H24N4O2. The Morgan fingerprint density at radius 2 is 1.79 bits per heavy atom. The molecule has 0 bridgehead atoms. The van der Waals surface area contributed by atoms with Crippen LogP contribution in [-0.2, 0) is 6.42 Å². The number of aryl methyl sites for hydroxylation is 1. The van der Waals surface area contributed by atoms with Gasteiger partial charge in [0.15, 0.2) is 0 Å². The molecule has 0 saturated carbocycles. The van der Waals surface area contributed by atoms with Crippen LogP contribution in [-0.4, -0.2) is 29.0 Å². The monoisotopic (exact) mass is 376 g/mol. The van der Waals surface area contributed by atoms with Gasteiger partial charge in [-0.15, -0.1) is 0 Å². The lowest BCUT2D eigenvalue weighted by molar-refractivity contribution is 0.0948. The van der Waals surface area contributed by atoms with Gasteiger partial charge in [0, 0.05) is 6.54 Å². The molecule has 28 heavy (non-hydrogen) atoms. The number of carbonyl (C=O) groups is 1. The summed E-state index contributed by atoms with van der Waals surface area (Å²) in [4.78, 5) is 20.7. The van der Waals surface area contributed by atoms with E-state index < -0.39 is 0 Å². The van der Waals surface area contributed by atoms with E-state index in [1.807, 2.05) is 49.4 Å². The Labute approximate surface area is 165 Å². The van der Waals surface area contributed by atoms with Crippen molar-refractivity contribution >= 4 is 17.4 Å². The minimum Gasteiger partial charge on any atom is -0.492 e. The molecule has 0 spiro atoms. The maximum atomic E-state index is 12.2. The second-order valence-corrected chi connectivity index (χ2v) is 6.19. The van der Waals surface area contributed by atoms with Gasteiger partial charge in [-0.1, -0.05) is 42.5 Å². The van der Waals surface area contributed by atoms with Crippen LogP contribution in [0.2, 0.25) is 0 Å². The number of anilines is 2. The zero-order valence-electron chi connectivity index (χ0n) is 15.9. The van der Waals surface area contributed by atoms with Crippen molar-refractivity contribution in [3.8, 4) is 5.75 Å². The van der Waals surface area contributed by atoms with E-state index in [2.05, 4.69) is 32.7 Å². The summed E-state index contributed by atoms with van der Waals surface area (Å²) in [7, 11) is 0. The number of ether oxygens (including phenoxy) is 1. The van der Waals surface area contributed by atoms with E-state index in [0.717, 1.165) is 24.3 Å². The fraction of sp³-hybridized carbons (Fsp3) is 0.227. The fourth-order valence-corrected chi connectivity index (χ4v) is 2.73. The molecule has 1 heterocycles. The fourth-order valence-electron chi connectivity index (χ4n) is 2.73. The summed E-state index contributed by atoms with van der Waals surface area (Å²) in [6.45, 7) is 3.11. The normalized spacial score (nSPS) is 10.3. The van der Waals surface area contributed by atoms with Gasteiger partial charge >= 0.3 is 0 Å². The quantitative estimate of drug-likeness (QED) is 0.553. The number of hydrogen-bond acceptors (Lipinski definition) is 5. The van der Waals surface area contributed by atoms with E-state index in [-0.39, 0.29) is 5.91 Å². The molecule has 0 radical (unpaired) electrons. The number of hydrogen-bond donors (Lipinski definition) is 2. The highest BCUT2D eigenvalue weighted by Crippen LogP contribution is 2.26. The van der Waals surface area contributed by atoms with E-state index in [1.54, 1.807) is 6.20 Å². The summed E-state index contributed by atoms with van der Waals surface area (Å²) in [5, 5.41) is 6.05. The predicted octanol–water partition coefficient (Wildman–Crippen LogP) is 3.98. The highest BCUT2D eigenvalue weighted by molar-refractivity contribution is 5.92. The predicted molar refractivity (Wildman–Crippen MR) is 110 cm³/mol. The first-order chi connectivity index (χ1) is 13.8. The highest BCUT2D eigenvalue weighted by Gasteiger charge is 2.09. The third-order valence-electron chi connectivity index (χ3n) is 4.10. The van der Waals surface area contributed by atoms with E-state index >= 15 is 0 Å². The number of rotatable bonds is 9. The van der Waals surface area contributed by atoms with Crippen molar-refractivity contribution in [2.24, 2.45) is 0 Å². The largest absolute Gasteiger partial charge is 0.492 e. The molecule has 6 heteroatoms. The second-order valence-electron chi connectivity index (χ2n) is 6.19. The maximum absolute atomic E-state index is 12.2. The van der Waals surface area contributed by atoms with Gasteiger partial charge in [-0.05, 0) is 37.5 Å². The number of nitrogens with one attached hydrogen (secondary N) is 2. The number of para-hydroxylation sites is 2. The molecule has 0 aliphatic carbocycles. The third kappa shape index (κ3) is 5.54. The third-order valence-corrected chi connectivity index (χ3v) is 4.10.